The number of sulfonamides is 1. The summed E-state index contributed by atoms with van der Waals surface area (Å²) in [6.07, 6.45) is 2.91. The zero-order valence-corrected chi connectivity index (χ0v) is 17.8. The van der Waals surface area contributed by atoms with Crippen LogP contribution in [0.25, 0.3) is 0 Å². The number of rotatable bonds is 10. The number of amides is 1. The van der Waals surface area contributed by atoms with Crippen LogP contribution in [-0.2, 0) is 21.2 Å². The van der Waals surface area contributed by atoms with E-state index in [2.05, 4.69) is 39.9 Å². The van der Waals surface area contributed by atoms with E-state index in [1.54, 1.807) is 0 Å². The van der Waals surface area contributed by atoms with Crippen molar-refractivity contribution < 1.29 is 13.2 Å². The monoisotopic (exact) mass is 382 g/mol. The molecule has 0 aliphatic heterocycles. The fourth-order valence-electron chi connectivity index (χ4n) is 3.13. The van der Waals surface area contributed by atoms with Gasteiger partial charge in [0.05, 0.1) is 11.9 Å². The van der Waals surface area contributed by atoms with Crippen LogP contribution in [0.1, 0.15) is 53.0 Å². The van der Waals surface area contributed by atoms with Gasteiger partial charge in [0.25, 0.3) is 0 Å². The van der Waals surface area contributed by atoms with E-state index < -0.39 is 10.0 Å². The highest BCUT2D eigenvalue weighted by Crippen LogP contribution is 2.19. The minimum Gasteiger partial charge on any atom is -0.353 e. The van der Waals surface area contributed by atoms with Crippen LogP contribution in [0.15, 0.2) is 24.3 Å². The van der Waals surface area contributed by atoms with Crippen LogP contribution in [0.4, 0.5) is 5.69 Å². The molecule has 0 atom stereocenters. The van der Waals surface area contributed by atoms with Crippen LogP contribution in [0.3, 0.4) is 0 Å². The zero-order chi connectivity index (χ0) is 19.9. The molecule has 1 aromatic carbocycles. The van der Waals surface area contributed by atoms with Gasteiger partial charge in [-0.25, -0.2) is 8.42 Å². The summed E-state index contributed by atoms with van der Waals surface area (Å²) in [6.45, 7) is 10.7. The van der Waals surface area contributed by atoms with Crippen molar-refractivity contribution >= 4 is 21.6 Å². The summed E-state index contributed by atoms with van der Waals surface area (Å²) in [5, 5.41) is 3.08. The minimum absolute atomic E-state index is 0.0211. The van der Waals surface area contributed by atoms with E-state index in [4.69, 9.17) is 0 Å². The van der Waals surface area contributed by atoms with Crippen molar-refractivity contribution in [3.05, 3.63) is 29.8 Å². The molecule has 5 nitrogen and oxygen atoms in total. The van der Waals surface area contributed by atoms with Gasteiger partial charge in [-0.1, -0.05) is 46.8 Å². The van der Waals surface area contributed by atoms with Gasteiger partial charge in [-0.3, -0.25) is 9.10 Å². The van der Waals surface area contributed by atoms with Gasteiger partial charge in [-0.2, -0.15) is 0 Å². The van der Waals surface area contributed by atoms with Crippen molar-refractivity contribution in [2.24, 2.45) is 11.8 Å². The molecule has 0 unspecified atom stereocenters. The van der Waals surface area contributed by atoms with E-state index in [9.17, 15) is 13.2 Å². The molecule has 0 bridgehead atoms. The maximum atomic E-state index is 12.2. The number of carbonyl (C=O) groups is 1. The van der Waals surface area contributed by atoms with Gasteiger partial charge >= 0.3 is 0 Å². The van der Waals surface area contributed by atoms with Crippen molar-refractivity contribution in [1.29, 1.82) is 0 Å². The highest BCUT2D eigenvalue weighted by Gasteiger charge is 2.21. The molecule has 0 saturated carbocycles. The normalized spacial score (nSPS) is 12.0. The van der Waals surface area contributed by atoms with Crippen molar-refractivity contribution in [1.82, 2.24) is 5.32 Å². The Kier molecular flexibility index (Phi) is 8.60. The first-order valence-corrected chi connectivity index (χ1v) is 11.3. The number of nitrogens with zero attached hydrogens (tertiary/aromatic N) is 1. The van der Waals surface area contributed by atoms with E-state index >= 15 is 0 Å². The average Bonchev–Trinajstić information content (AvgIpc) is 2.55. The maximum absolute atomic E-state index is 12.2. The number of nitrogens with one attached hydrogen (secondary N) is 1. The molecule has 0 fully saturated rings. The topological polar surface area (TPSA) is 66.5 Å². The lowest BCUT2D eigenvalue weighted by Crippen LogP contribution is -2.42. The van der Waals surface area contributed by atoms with E-state index in [0.717, 1.165) is 12.0 Å². The highest BCUT2D eigenvalue weighted by molar-refractivity contribution is 7.92. The minimum atomic E-state index is -3.38. The molecule has 0 spiro atoms. The smallest absolute Gasteiger partial charge is 0.232 e. The van der Waals surface area contributed by atoms with Crippen LogP contribution in [0.5, 0.6) is 0 Å². The maximum Gasteiger partial charge on any atom is 0.232 e. The molecule has 1 N–H and O–H groups in total. The van der Waals surface area contributed by atoms with Gasteiger partial charge in [-0.05, 0) is 42.4 Å². The molecule has 1 amide bonds. The predicted octanol–water partition coefficient (Wildman–Crippen LogP) is 3.59. The number of hydrogen-bond donors (Lipinski definition) is 1. The van der Waals surface area contributed by atoms with Gasteiger partial charge in [0.2, 0.25) is 15.9 Å². The summed E-state index contributed by atoms with van der Waals surface area (Å²) in [4.78, 5) is 12.2. The molecule has 0 saturated heterocycles. The molecule has 0 aliphatic carbocycles. The summed E-state index contributed by atoms with van der Waals surface area (Å²) in [7, 11) is -3.38. The standard InChI is InChI=1S/C20H34N2O3S/c1-7-17-10-12-18(13-11-17)22(26(6,24)25)14-8-9-19(23)21-20(15(2)3)16(4)5/h10-13,15-16,20H,7-9,14H2,1-6H3,(H,21,23). The summed E-state index contributed by atoms with van der Waals surface area (Å²) in [6, 6.07) is 7.67. The lowest BCUT2D eigenvalue weighted by Gasteiger charge is -2.26. The predicted molar refractivity (Wildman–Crippen MR) is 109 cm³/mol. The zero-order valence-electron chi connectivity index (χ0n) is 17.0. The Bertz CT molecular complexity index is 659. The van der Waals surface area contributed by atoms with E-state index in [-0.39, 0.29) is 11.9 Å². The largest absolute Gasteiger partial charge is 0.353 e. The second-order valence-corrected chi connectivity index (χ2v) is 9.45. The first-order chi connectivity index (χ1) is 12.1. The summed E-state index contributed by atoms with van der Waals surface area (Å²) >= 11 is 0. The van der Waals surface area contributed by atoms with Crippen LogP contribution >= 0.6 is 0 Å². The third kappa shape index (κ3) is 6.98. The fraction of sp³-hybridized carbons (Fsp3) is 0.650. The van der Waals surface area contributed by atoms with Gasteiger partial charge in [0.15, 0.2) is 0 Å². The molecule has 6 heteroatoms. The average molecular weight is 383 g/mol. The first kappa shape index (κ1) is 22.5. The molecule has 0 radical (unpaired) electrons. The molecular formula is C20H34N2O3S. The number of anilines is 1. The van der Waals surface area contributed by atoms with Crippen LogP contribution in [-0.4, -0.2) is 33.2 Å². The summed E-state index contributed by atoms with van der Waals surface area (Å²) in [5.41, 5.74) is 1.81. The molecule has 0 aromatic heterocycles. The molecule has 1 rings (SSSR count). The molecule has 1 aromatic rings. The van der Waals surface area contributed by atoms with E-state index in [1.165, 1.54) is 10.6 Å². The third-order valence-electron chi connectivity index (χ3n) is 4.56. The van der Waals surface area contributed by atoms with Gasteiger partial charge in [-0.15, -0.1) is 0 Å². The van der Waals surface area contributed by atoms with Crippen LogP contribution in [0, 0.1) is 11.8 Å². The fourth-order valence-corrected chi connectivity index (χ4v) is 4.09. The number of benzene rings is 1. The summed E-state index contributed by atoms with van der Waals surface area (Å²) < 4.78 is 25.7. The number of carbonyl (C=O) groups excluding carboxylic acids is 1. The van der Waals surface area contributed by atoms with E-state index in [1.807, 2.05) is 24.3 Å². The van der Waals surface area contributed by atoms with Crippen molar-refractivity contribution in [2.75, 3.05) is 17.1 Å². The molecular weight excluding hydrogens is 348 g/mol. The Labute approximate surface area is 159 Å². The second-order valence-electron chi connectivity index (χ2n) is 7.54. The first-order valence-electron chi connectivity index (χ1n) is 9.42. The van der Waals surface area contributed by atoms with Gasteiger partial charge in [0.1, 0.15) is 0 Å². The summed E-state index contributed by atoms with van der Waals surface area (Å²) in [5.74, 6) is 0.708. The van der Waals surface area contributed by atoms with Crippen molar-refractivity contribution in [3.8, 4) is 0 Å². The highest BCUT2D eigenvalue weighted by atomic mass is 32.2. The Morgan fingerprint density at radius 2 is 1.62 bits per heavy atom. The second kappa shape index (κ2) is 9.95. The Morgan fingerprint density at radius 1 is 1.08 bits per heavy atom. The third-order valence-corrected chi connectivity index (χ3v) is 5.76. The lowest BCUT2D eigenvalue weighted by atomic mass is 9.93. The Balaban J connectivity index is 2.69. The van der Waals surface area contributed by atoms with Gasteiger partial charge in [0, 0.05) is 19.0 Å². The van der Waals surface area contributed by atoms with E-state index in [0.29, 0.717) is 36.9 Å². The Hall–Kier alpha value is -1.56. The van der Waals surface area contributed by atoms with Crippen molar-refractivity contribution in [3.63, 3.8) is 0 Å². The van der Waals surface area contributed by atoms with Crippen LogP contribution in [0.2, 0.25) is 0 Å². The lowest BCUT2D eigenvalue weighted by molar-refractivity contribution is -0.122. The molecule has 148 valence electrons. The molecule has 0 heterocycles. The molecule has 26 heavy (non-hydrogen) atoms. The SMILES string of the molecule is CCc1ccc(N(CCCC(=O)NC(C(C)C)C(C)C)S(C)(=O)=O)cc1. The number of aryl methyl sites for hydroxylation is 1. The quantitative estimate of drug-likeness (QED) is 0.672. The van der Waals surface area contributed by atoms with Crippen LogP contribution < -0.4 is 9.62 Å². The van der Waals surface area contributed by atoms with Crippen molar-refractivity contribution in [2.45, 2.75) is 59.9 Å². The Morgan fingerprint density at radius 3 is 2.04 bits per heavy atom. The molecule has 0 aliphatic rings. The van der Waals surface area contributed by atoms with Gasteiger partial charge < -0.3 is 5.32 Å². The number of hydrogen-bond acceptors (Lipinski definition) is 3.